The number of hydrogen-bond donors (Lipinski definition) is 0. The molecule has 2 aliphatic rings. The van der Waals surface area contributed by atoms with Crippen molar-refractivity contribution in [2.45, 2.75) is 98.8 Å². The number of aryl methyl sites for hydroxylation is 2. The number of rotatable bonds is 9. The molecule has 0 aromatic carbocycles. The quantitative estimate of drug-likeness (QED) is 0.399. The monoisotopic (exact) mass is 402 g/mol. The summed E-state index contributed by atoms with van der Waals surface area (Å²) in [4.78, 5) is 28.9. The summed E-state index contributed by atoms with van der Waals surface area (Å²) in [5, 5.41) is 0. The molecule has 0 N–H and O–H groups in total. The maximum absolute atomic E-state index is 13.4. The first-order valence-electron chi connectivity index (χ1n) is 11.6. The minimum atomic E-state index is -0.716. The van der Waals surface area contributed by atoms with E-state index in [1.807, 2.05) is 13.8 Å². The fourth-order valence-electron chi connectivity index (χ4n) is 6.02. The van der Waals surface area contributed by atoms with Crippen LogP contribution in [0.4, 0.5) is 0 Å². The van der Waals surface area contributed by atoms with Gasteiger partial charge >= 0.3 is 0 Å². The van der Waals surface area contributed by atoms with E-state index in [0.29, 0.717) is 11.8 Å². The minimum absolute atomic E-state index is 0.157. The van der Waals surface area contributed by atoms with Crippen molar-refractivity contribution in [1.82, 2.24) is 0 Å². The Labute approximate surface area is 175 Å². The molecule has 2 nitrogen and oxygen atoms in total. The summed E-state index contributed by atoms with van der Waals surface area (Å²) in [6.07, 6.45) is 11.7. The second-order valence-corrected chi connectivity index (χ2v) is 10.8. The van der Waals surface area contributed by atoms with E-state index in [1.165, 1.54) is 44.9 Å². The van der Waals surface area contributed by atoms with E-state index in [0.717, 1.165) is 46.1 Å². The zero-order valence-electron chi connectivity index (χ0n) is 18.5. The molecule has 1 heterocycles. The number of hydrogen-bond acceptors (Lipinski definition) is 3. The van der Waals surface area contributed by atoms with Crippen LogP contribution in [0.1, 0.15) is 115 Å². The Bertz CT molecular complexity index is 693. The standard InChI is InChI=1S/C25H38O2S/c1-6-9-11-18(7-2)12-10-13-20-15-25(14-19(20)8-3)23(26)21-16(4)28-17(5)22(21)24(25)27/h18-20H,6-15H2,1-5H3. The number of thiophene rings is 1. The van der Waals surface area contributed by atoms with Gasteiger partial charge in [-0.2, -0.15) is 0 Å². The highest BCUT2D eigenvalue weighted by molar-refractivity contribution is 7.12. The van der Waals surface area contributed by atoms with E-state index < -0.39 is 5.41 Å². The molecular formula is C25H38O2S. The number of ketones is 2. The predicted octanol–water partition coefficient (Wildman–Crippen LogP) is 7.55. The fourth-order valence-corrected chi connectivity index (χ4v) is 7.08. The van der Waals surface area contributed by atoms with Crippen molar-refractivity contribution in [2.24, 2.45) is 23.2 Å². The van der Waals surface area contributed by atoms with Gasteiger partial charge in [0.1, 0.15) is 0 Å². The van der Waals surface area contributed by atoms with Crippen LogP contribution in [0.3, 0.4) is 0 Å². The molecule has 2 aliphatic carbocycles. The highest BCUT2D eigenvalue weighted by Crippen LogP contribution is 2.57. The second kappa shape index (κ2) is 8.81. The molecule has 28 heavy (non-hydrogen) atoms. The van der Waals surface area contributed by atoms with Gasteiger partial charge in [0.15, 0.2) is 11.6 Å². The zero-order valence-corrected chi connectivity index (χ0v) is 19.3. The average Bonchev–Trinajstić information content (AvgIpc) is 3.27. The van der Waals surface area contributed by atoms with Crippen LogP contribution in [0.15, 0.2) is 0 Å². The van der Waals surface area contributed by atoms with Gasteiger partial charge < -0.3 is 0 Å². The van der Waals surface area contributed by atoms with Gasteiger partial charge in [-0.25, -0.2) is 0 Å². The fraction of sp³-hybridized carbons (Fsp3) is 0.760. The van der Waals surface area contributed by atoms with Crippen molar-refractivity contribution in [3.05, 3.63) is 20.9 Å². The van der Waals surface area contributed by atoms with Crippen LogP contribution in [-0.4, -0.2) is 11.6 Å². The van der Waals surface area contributed by atoms with Crippen LogP contribution in [-0.2, 0) is 0 Å². The summed E-state index contributed by atoms with van der Waals surface area (Å²) in [6, 6.07) is 0. The van der Waals surface area contributed by atoms with Crippen molar-refractivity contribution in [3.63, 3.8) is 0 Å². The van der Waals surface area contributed by atoms with Crippen LogP contribution in [0.5, 0.6) is 0 Å². The largest absolute Gasteiger partial charge is 0.293 e. The first-order valence-corrected chi connectivity index (χ1v) is 12.4. The Hall–Kier alpha value is -0.960. The molecule has 0 radical (unpaired) electrons. The zero-order chi connectivity index (χ0) is 20.5. The van der Waals surface area contributed by atoms with E-state index >= 15 is 0 Å². The molecule has 156 valence electrons. The van der Waals surface area contributed by atoms with E-state index in [1.54, 1.807) is 11.3 Å². The molecule has 1 saturated carbocycles. The molecule has 3 unspecified atom stereocenters. The molecule has 0 saturated heterocycles. The van der Waals surface area contributed by atoms with E-state index in [-0.39, 0.29) is 11.6 Å². The van der Waals surface area contributed by atoms with Crippen molar-refractivity contribution in [1.29, 1.82) is 0 Å². The lowest BCUT2D eigenvalue weighted by Crippen LogP contribution is -2.31. The lowest BCUT2D eigenvalue weighted by molar-refractivity contribution is 0.0694. The number of fused-ring (bicyclic) bond motifs is 1. The summed E-state index contributed by atoms with van der Waals surface area (Å²) < 4.78 is 0. The Morgan fingerprint density at radius 2 is 1.50 bits per heavy atom. The van der Waals surface area contributed by atoms with Gasteiger partial charge in [-0.15, -0.1) is 11.3 Å². The SMILES string of the molecule is CCCCC(CC)CCCC1CC2(CC1CC)C(=O)c1c(C)sc(C)c1C2=O. The van der Waals surface area contributed by atoms with Crippen LogP contribution >= 0.6 is 11.3 Å². The molecule has 3 atom stereocenters. The molecule has 1 aromatic heterocycles. The van der Waals surface area contributed by atoms with E-state index in [4.69, 9.17) is 0 Å². The minimum Gasteiger partial charge on any atom is -0.293 e. The molecule has 3 heteroatoms. The Balaban J connectivity index is 1.69. The third-order valence-electron chi connectivity index (χ3n) is 7.73. The van der Waals surface area contributed by atoms with Gasteiger partial charge in [0.2, 0.25) is 0 Å². The molecular weight excluding hydrogens is 364 g/mol. The normalized spacial score (nSPS) is 24.3. The van der Waals surface area contributed by atoms with E-state index in [9.17, 15) is 9.59 Å². The Morgan fingerprint density at radius 1 is 0.929 bits per heavy atom. The maximum atomic E-state index is 13.4. The van der Waals surface area contributed by atoms with Gasteiger partial charge in [-0.1, -0.05) is 72.1 Å². The number of unbranched alkanes of at least 4 members (excludes halogenated alkanes) is 1. The van der Waals surface area contributed by atoms with Gasteiger partial charge in [0, 0.05) is 20.9 Å². The summed E-state index contributed by atoms with van der Waals surface area (Å²) in [6.45, 7) is 10.8. The summed E-state index contributed by atoms with van der Waals surface area (Å²) >= 11 is 1.61. The lowest BCUT2D eigenvalue weighted by Gasteiger charge is -2.21. The maximum Gasteiger partial charge on any atom is 0.178 e. The average molecular weight is 403 g/mol. The predicted molar refractivity (Wildman–Crippen MR) is 119 cm³/mol. The molecule has 1 spiro atoms. The number of carbonyl (C=O) groups is 2. The Kier molecular flexibility index (Phi) is 6.84. The van der Waals surface area contributed by atoms with Crippen LogP contribution in [0.2, 0.25) is 0 Å². The third-order valence-corrected chi connectivity index (χ3v) is 8.75. The number of Topliss-reactive ketones (excluding diaryl/α,β-unsaturated/α-hetero) is 2. The van der Waals surface area contributed by atoms with Gasteiger partial charge in [0.05, 0.1) is 5.41 Å². The van der Waals surface area contributed by atoms with Crippen LogP contribution in [0, 0.1) is 37.0 Å². The van der Waals surface area contributed by atoms with Gasteiger partial charge in [0.25, 0.3) is 0 Å². The highest BCUT2D eigenvalue weighted by Gasteiger charge is 2.59. The van der Waals surface area contributed by atoms with Crippen molar-refractivity contribution in [2.75, 3.05) is 0 Å². The third kappa shape index (κ3) is 3.64. The van der Waals surface area contributed by atoms with Gasteiger partial charge in [-0.3, -0.25) is 9.59 Å². The lowest BCUT2D eigenvalue weighted by atomic mass is 9.79. The molecule has 1 aromatic rings. The van der Waals surface area contributed by atoms with Crippen LogP contribution in [0.25, 0.3) is 0 Å². The summed E-state index contributed by atoms with van der Waals surface area (Å²) in [5.41, 5.74) is 0.827. The van der Waals surface area contributed by atoms with E-state index in [2.05, 4.69) is 20.8 Å². The summed E-state index contributed by atoms with van der Waals surface area (Å²) in [5.74, 6) is 2.23. The molecule has 1 fully saturated rings. The first-order chi connectivity index (χ1) is 13.4. The van der Waals surface area contributed by atoms with Crippen LogP contribution < -0.4 is 0 Å². The molecule has 3 rings (SSSR count). The molecule has 0 amide bonds. The summed E-state index contributed by atoms with van der Waals surface area (Å²) in [7, 11) is 0. The van der Waals surface area contributed by atoms with Gasteiger partial charge in [-0.05, 0) is 44.4 Å². The second-order valence-electron chi connectivity index (χ2n) is 9.39. The topological polar surface area (TPSA) is 34.1 Å². The van der Waals surface area contributed by atoms with Crippen molar-refractivity contribution in [3.8, 4) is 0 Å². The molecule has 0 aliphatic heterocycles. The first kappa shape index (κ1) is 21.7. The highest BCUT2D eigenvalue weighted by atomic mass is 32.1. The molecule has 0 bridgehead atoms. The van der Waals surface area contributed by atoms with Crippen molar-refractivity contribution >= 4 is 22.9 Å². The van der Waals surface area contributed by atoms with Crippen molar-refractivity contribution < 1.29 is 9.59 Å². The number of carbonyl (C=O) groups excluding carboxylic acids is 2. The smallest absolute Gasteiger partial charge is 0.178 e. The Morgan fingerprint density at radius 3 is 2.04 bits per heavy atom.